The Morgan fingerprint density at radius 1 is 1.23 bits per heavy atom. The minimum atomic E-state index is -0.134. The number of para-hydroxylation sites is 1. The van der Waals surface area contributed by atoms with E-state index in [0.717, 1.165) is 36.5 Å². The molecule has 0 aliphatic carbocycles. The Kier molecular flexibility index (Phi) is 5.11. The third kappa shape index (κ3) is 3.79. The fourth-order valence-corrected chi connectivity index (χ4v) is 3.25. The lowest BCUT2D eigenvalue weighted by Crippen LogP contribution is -2.34. The molecule has 26 heavy (non-hydrogen) atoms. The first kappa shape index (κ1) is 18.2. The van der Waals surface area contributed by atoms with Crippen LogP contribution in [0.1, 0.15) is 51.0 Å². The van der Waals surface area contributed by atoms with E-state index >= 15 is 0 Å². The minimum absolute atomic E-state index is 0.0147. The molecule has 1 unspecified atom stereocenters. The van der Waals surface area contributed by atoms with Crippen molar-refractivity contribution in [2.45, 2.75) is 45.1 Å². The highest BCUT2D eigenvalue weighted by molar-refractivity contribution is 5.89. The number of urea groups is 1. The van der Waals surface area contributed by atoms with Crippen LogP contribution in [0.15, 0.2) is 36.7 Å². The van der Waals surface area contributed by atoms with Crippen molar-refractivity contribution in [1.82, 2.24) is 14.9 Å². The molecule has 0 bridgehead atoms. The van der Waals surface area contributed by atoms with Crippen LogP contribution in [-0.2, 0) is 5.41 Å². The summed E-state index contributed by atoms with van der Waals surface area (Å²) < 4.78 is 5.47. The van der Waals surface area contributed by atoms with Gasteiger partial charge in [0.25, 0.3) is 0 Å². The molecule has 0 radical (unpaired) electrons. The molecule has 1 aromatic heterocycles. The van der Waals surface area contributed by atoms with Crippen LogP contribution >= 0.6 is 0 Å². The molecule has 6 nitrogen and oxygen atoms in total. The quantitative estimate of drug-likeness (QED) is 0.899. The molecule has 0 saturated carbocycles. The standard InChI is InChI=1S/C20H26N4O2/c1-20(2,3)18-21-12-14(13-22-18)23-19(25)24-11-7-9-16(24)15-8-5-6-10-17(15)26-4/h5-6,8,10,12-13,16H,7,9,11H2,1-4H3,(H,23,25). The number of benzene rings is 1. The molecule has 3 rings (SSSR count). The van der Waals surface area contributed by atoms with Crippen LogP contribution in [0.25, 0.3) is 0 Å². The summed E-state index contributed by atoms with van der Waals surface area (Å²) in [4.78, 5) is 23.4. The Labute approximate surface area is 154 Å². The Balaban J connectivity index is 1.74. The number of hydrogen-bond acceptors (Lipinski definition) is 4. The van der Waals surface area contributed by atoms with Gasteiger partial charge in [-0.3, -0.25) is 0 Å². The number of hydrogen-bond donors (Lipinski definition) is 1. The summed E-state index contributed by atoms with van der Waals surface area (Å²) >= 11 is 0. The van der Waals surface area contributed by atoms with Gasteiger partial charge in [0.1, 0.15) is 11.6 Å². The van der Waals surface area contributed by atoms with Crippen molar-refractivity contribution in [2.24, 2.45) is 0 Å². The average Bonchev–Trinajstić information content (AvgIpc) is 3.11. The van der Waals surface area contributed by atoms with Gasteiger partial charge in [-0.2, -0.15) is 0 Å². The highest BCUT2D eigenvalue weighted by atomic mass is 16.5. The summed E-state index contributed by atoms with van der Waals surface area (Å²) in [5.74, 6) is 1.57. The lowest BCUT2D eigenvalue weighted by molar-refractivity contribution is 0.206. The topological polar surface area (TPSA) is 67.3 Å². The molecule has 2 aromatic rings. The molecule has 1 aliphatic heterocycles. The summed E-state index contributed by atoms with van der Waals surface area (Å²) in [5, 5.41) is 2.92. The molecule has 1 saturated heterocycles. The maximum Gasteiger partial charge on any atom is 0.322 e. The molecule has 1 atom stereocenters. The zero-order chi connectivity index (χ0) is 18.7. The van der Waals surface area contributed by atoms with Gasteiger partial charge >= 0.3 is 6.03 Å². The maximum atomic E-state index is 12.8. The van der Waals surface area contributed by atoms with Crippen molar-refractivity contribution in [1.29, 1.82) is 0 Å². The number of rotatable bonds is 3. The number of amides is 2. The van der Waals surface area contributed by atoms with Crippen LogP contribution in [-0.4, -0.2) is 34.6 Å². The van der Waals surface area contributed by atoms with Crippen molar-refractivity contribution >= 4 is 11.7 Å². The normalized spacial score (nSPS) is 17.2. The maximum absolute atomic E-state index is 12.8. The number of ether oxygens (including phenoxy) is 1. The molecule has 1 aromatic carbocycles. The predicted octanol–water partition coefficient (Wildman–Crippen LogP) is 4.15. The van der Waals surface area contributed by atoms with Gasteiger partial charge in [-0.05, 0) is 18.9 Å². The molecule has 2 amide bonds. The van der Waals surface area contributed by atoms with Gasteiger partial charge < -0.3 is 15.0 Å². The Hall–Kier alpha value is -2.63. The van der Waals surface area contributed by atoms with E-state index in [9.17, 15) is 4.79 Å². The lowest BCUT2D eigenvalue weighted by Gasteiger charge is -2.26. The first-order valence-corrected chi connectivity index (χ1v) is 8.93. The molecule has 0 spiro atoms. The smallest absolute Gasteiger partial charge is 0.322 e. The summed E-state index contributed by atoms with van der Waals surface area (Å²) in [6.07, 6.45) is 5.22. The van der Waals surface area contributed by atoms with E-state index in [2.05, 4.69) is 36.1 Å². The van der Waals surface area contributed by atoms with Crippen molar-refractivity contribution in [3.8, 4) is 5.75 Å². The number of nitrogens with one attached hydrogen (secondary N) is 1. The number of anilines is 1. The van der Waals surface area contributed by atoms with Crippen molar-refractivity contribution in [2.75, 3.05) is 19.0 Å². The third-order valence-corrected chi connectivity index (χ3v) is 4.59. The predicted molar refractivity (Wildman–Crippen MR) is 101 cm³/mol. The SMILES string of the molecule is COc1ccccc1C1CCCN1C(=O)Nc1cnc(C(C)(C)C)nc1. The van der Waals surface area contributed by atoms with Crippen LogP contribution in [0, 0.1) is 0 Å². The first-order chi connectivity index (χ1) is 12.4. The summed E-state index contributed by atoms with van der Waals surface area (Å²) in [6, 6.07) is 7.76. The summed E-state index contributed by atoms with van der Waals surface area (Å²) in [7, 11) is 1.66. The van der Waals surface area contributed by atoms with Gasteiger partial charge in [0.2, 0.25) is 0 Å². The number of carbonyl (C=O) groups excluding carboxylic acids is 1. The van der Waals surface area contributed by atoms with Gasteiger partial charge in [-0.1, -0.05) is 39.0 Å². The summed E-state index contributed by atoms with van der Waals surface area (Å²) in [6.45, 7) is 6.89. The zero-order valence-electron chi connectivity index (χ0n) is 15.8. The van der Waals surface area contributed by atoms with E-state index in [1.807, 2.05) is 29.2 Å². The fraction of sp³-hybridized carbons (Fsp3) is 0.450. The van der Waals surface area contributed by atoms with E-state index < -0.39 is 0 Å². The number of likely N-dealkylation sites (tertiary alicyclic amines) is 1. The van der Waals surface area contributed by atoms with Crippen molar-refractivity contribution < 1.29 is 9.53 Å². The monoisotopic (exact) mass is 354 g/mol. The van der Waals surface area contributed by atoms with E-state index in [0.29, 0.717) is 5.69 Å². The second-order valence-electron chi connectivity index (χ2n) is 7.57. The first-order valence-electron chi connectivity index (χ1n) is 8.93. The molecule has 1 N–H and O–H groups in total. The van der Waals surface area contributed by atoms with Crippen LogP contribution in [0.2, 0.25) is 0 Å². The largest absolute Gasteiger partial charge is 0.496 e. The van der Waals surface area contributed by atoms with Crippen LogP contribution in [0.4, 0.5) is 10.5 Å². The highest BCUT2D eigenvalue weighted by Crippen LogP contribution is 2.37. The lowest BCUT2D eigenvalue weighted by atomic mass is 9.96. The molecule has 1 aliphatic rings. The van der Waals surface area contributed by atoms with Crippen molar-refractivity contribution in [3.63, 3.8) is 0 Å². The third-order valence-electron chi connectivity index (χ3n) is 4.59. The van der Waals surface area contributed by atoms with E-state index in [1.54, 1.807) is 19.5 Å². The Morgan fingerprint density at radius 2 is 1.92 bits per heavy atom. The number of nitrogens with zero attached hydrogens (tertiary/aromatic N) is 3. The molecular weight excluding hydrogens is 328 g/mol. The average molecular weight is 354 g/mol. The number of methoxy groups -OCH3 is 1. The second kappa shape index (κ2) is 7.32. The molecule has 2 heterocycles. The molecular formula is C20H26N4O2. The summed E-state index contributed by atoms with van der Waals surface area (Å²) in [5.41, 5.74) is 1.53. The number of carbonyl (C=O) groups is 1. The van der Waals surface area contributed by atoms with Crippen LogP contribution in [0.5, 0.6) is 5.75 Å². The van der Waals surface area contributed by atoms with E-state index in [-0.39, 0.29) is 17.5 Å². The second-order valence-corrected chi connectivity index (χ2v) is 7.57. The highest BCUT2D eigenvalue weighted by Gasteiger charge is 2.32. The minimum Gasteiger partial charge on any atom is -0.496 e. The van der Waals surface area contributed by atoms with Gasteiger partial charge in [-0.15, -0.1) is 0 Å². The number of aromatic nitrogens is 2. The van der Waals surface area contributed by atoms with Gasteiger partial charge in [0, 0.05) is 17.5 Å². The van der Waals surface area contributed by atoms with Gasteiger partial charge in [0.05, 0.1) is 31.2 Å². The van der Waals surface area contributed by atoms with E-state index in [1.165, 1.54) is 0 Å². The van der Waals surface area contributed by atoms with Crippen LogP contribution in [0.3, 0.4) is 0 Å². The van der Waals surface area contributed by atoms with Gasteiger partial charge in [-0.25, -0.2) is 14.8 Å². The van der Waals surface area contributed by atoms with E-state index in [4.69, 9.17) is 4.74 Å². The molecule has 1 fully saturated rings. The van der Waals surface area contributed by atoms with Crippen LogP contribution < -0.4 is 10.1 Å². The Bertz CT molecular complexity index is 768. The Morgan fingerprint density at radius 3 is 2.58 bits per heavy atom. The molecule has 138 valence electrons. The van der Waals surface area contributed by atoms with Crippen molar-refractivity contribution in [3.05, 3.63) is 48.0 Å². The zero-order valence-corrected chi connectivity index (χ0v) is 15.8. The molecule has 6 heteroatoms. The fourth-order valence-electron chi connectivity index (χ4n) is 3.25. The van der Waals surface area contributed by atoms with Gasteiger partial charge in [0.15, 0.2) is 0 Å².